The maximum absolute atomic E-state index is 6.96. The Balaban J connectivity index is 1.70. The van der Waals surface area contributed by atoms with E-state index in [0.717, 1.165) is 25.1 Å². The molecule has 0 radical (unpaired) electrons. The van der Waals surface area contributed by atoms with E-state index in [1.165, 1.54) is 23.1 Å². The second-order valence-corrected chi connectivity index (χ2v) is 8.70. The Morgan fingerprint density at radius 1 is 1.19 bits per heavy atom. The molecule has 0 heterocycles. The molecule has 2 nitrogen and oxygen atoms in total. The van der Waals surface area contributed by atoms with Crippen LogP contribution in [0.25, 0.3) is 0 Å². The molecule has 0 saturated heterocycles. The Hall–Kier alpha value is -1.51. The summed E-state index contributed by atoms with van der Waals surface area (Å²) in [5.41, 5.74) is 4.35. The quantitative estimate of drug-likeness (QED) is 0.701. The second-order valence-electron chi connectivity index (χ2n) is 8.14. The standard InChI is InChI=1S/C23H28ClNO/c1-23-18(10-9-17-13-19(26-3)11-12-20(17)23)14-21(24)22(23)25(2)15-16-7-5-4-6-8-16/h4-8,11-13,18,21-22H,9-10,14-15H2,1-3H3/t18-,21-,22-,23-/m0/s1. The fraction of sp³-hybridized carbons (Fsp3) is 0.478. The number of ether oxygens (including phenoxy) is 1. The van der Waals surface area contributed by atoms with Gasteiger partial charge in [-0.05, 0) is 61.1 Å². The van der Waals surface area contributed by atoms with Crippen LogP contribution in [-0.4, -0.2) is 30.5 Å². The molecular formula is C23H28ClNO. The number of aryl methyl sites for hydroxylation is 1. The fourth-order valence-electron chi connectivity index (χ4n) is 5.52. The molecule has 0 aliphatic heterocycles. The van der Waals surface area contributed by atoms with Crippen molar-refractivity contribution in [1.82, 2.24) is 4.90 Å². The zero-order valence-corrected chi connectivity index (χ0v) is 16.7. The lowest BCUT2D eigenvalue weighted by atomic mass is 9.64. The van der Waals surface area contributed by atoms with Crippen molar-refractivity contribution >= 4 is 11.6 Å². The van der Waals surface area contributed by atoms with Crippen LogP contribution in [-0.2, 0) is 18.4 Å². The van der Waals surface area contributed by atoms with Crippen molar-refractivity contribution in [2.75, 3.05) is 14.2 Å². The van der Waals surface area contributed by atoms with E-state index in [1.54, 1.807) is 7.11 Å². The van der Waals surface area contributed by atoms with Crippen LogP contribution >= 0.6 is 11.6 Å². The summed E-state index contributed by atoms with van der Waals surface area (Å²) in [6.07, 6.45) is 3.45. The minimum atomic E-state index is 0.0931. The number of hydrogen-bond acceptors (Lipinski definition) is 2. The number of methoxy groups -OCH3 is 1. The van der Waals surface area contributed by atoms with Crippen molar-refractivity contribution < 1.29 is 4.74 Å². The van der Waals surface area contributed by atoms with Gasteiger partial charge in [0.1, 0.15) is 5.75 Å². The van der Waals surface area contributed by atoms with Gasteiger partial charge in [-0.25, -0.2) is 0 Å². The van der Waals surface area contributed by atoms with Gasteiger partial charge in [0.25, 0.3) is 0 Å². The molecule has 0 amide bonds. The summed E-state index contributed by atoms with van der Waals surface area (Å²) in [5.74, 6) is 1.61. The smallest absolute Gasteiger partial charge is 0.119 e. The molecule has 138 valence electrons. The maximum atomic E-state index is 6.96. The third kappa shape index (κ3) is 2.84. The van der Waals surface area contributed by atoms with E-state index >= 15 is 0 Å². The van der Waals surface area contributed by atoms with Gasteiger partial charge >= 0.3 is 0 Å². The first-order valence-corrected chi connectivity index (χ1v) is 10.0. The maximum Gasteiger partial charge on any atom is 0.119 e. The van der Waals surface area contributed by atoms with Crippen molar-refractivity contribution in [2.24, 2.45) is 5.92 Å². The van der Waals surface area contributed by atoms with Crippen LogP contribution in [0.15, 0.2) is 48.5 Å². The highest BCUT2D eigenvalue weighted by atomic mass is 35.5. The summed E-state index contributed by atoms with van der Waals surface area (Å²) in [5, 5.41) is 0.187. The predicted octanol–water partition coefficient (Wildman–Crippen LogP) is 5.03. The Labute approximate surface area is 162 Å². The molecule has 2 aliphatic carbocycles. The average Bonchev–Trinajstić information content (AvgIpc) is 2.92. The molecule has 26 heavy (non-hydrogen) atoms. The predicted molar refractivity (Wildman–Crippen MR) is 108 cm³/mol. The van der Waals surface area contributed by atoms with Crippen molar-refractivity contribution in [3.05, 3.63) is 65.2 Å². The number of halogens is 1. The average molecular weight is 370 g/mol. The summed E-state index contributed by atoms with van der Waals surface area (Å²) >= 11 is 6.96. The van der Waals surface area contributed by atoms with Gasteiger partial charge in [-0.1, -0.05) is 43.3 Å². The second kappa shape index (κ2) is 6.90. The van der Waals surface area contributed by atoms with E-state index in [-0.39, 0.29) is 10.8 Å². The lowest BCUT2D eigenvalue weighted by Crippen LogP contribution is -2.51. The summed E-state index contributed by atoms with van der Waals surface area (Å²) in [6.45, 7) is 3.37. The lowest BCUT2D eigenvalue weighted by molar-refractivity contribution is 0.142. The van der Waals surface area contributed by atoms with Gasteiger partial charge in [-0.3, -0.25) is 4.90 Å². The van der Waals surface area contributed by atoms with Crippen molar-refractivity contribution in [2.45, 2.75) is 49.6 Å². The first-order chi connectivity index (χ1) is 12.5. The van der Waals surface area contributed by atoms with Crippen LogP contribution in [0.3, 0.4) is 0 Å². The van der Waals surface area contributed by atoms with Gasteiger partial charge in [0.15, 0.2) is 0 Å². The third-order valence-electron chi connectivity index (χ3n) is 6.72. The number of benzene rings is 2. The number of fused-ring (bicyclic) bond motifs is 3. The highest BCUT2D eigenvalue weighted by Gasteiger charge is 2.55. The molecule has 0 aromatic heterocycles. The van der Waals surface area contributed by atoms with Crippen LogP contribution in [0.4, 0.5) is 0 Å². The Morgan fingerprint density at radius 3 is 2.69 bits per heavy atom. The van der Waals surface area contributed by atoms with E-state index in [1.807, 2.05) is 0 Å². The highest BCUT2D eigenvalue weighted by Crippen LogP contribution is 2.55. The minimum Gasteiger partial charge on any atom is -0.497 e. The van der Waals surface area contributed by atoms with Gasteiger partial charge in [-0.15, -0.1) is 11.6 Å². The molecule has 1 fully saturated rings. The molecule has 3 heteroatoms. The van der Waals surface area contributed by atoms with Crippen LogP contribution in [0.2, 0.25) is 0 Å². The lowest BCUT2D eigenvalue weighted by Gasteiger charge is -2.46. The molecule has 0 unspecified atom stereocenters. The topological polar surface area (TPSA) is 12.5 Å². The minimum absolute atomic E-state index is 0.0931. The summed E-state index contributed by atoms with van der Waals surface area (Å²) < 4.78 is 5.46. The molecule has 0 bridgehead atoms. The van der Waals surface area contributed by atoms with Gasteiger partial charge in [0, 0.05) is 18.0 Å². The fourth-order valence-corrected chi connectivity index (χ4v) is 6.19. The number of likely N-dealkylation sites (N-methyl/N-ethyl adjacent to an activating group) is 1. The van der Waals surface area contributed by atoms with Crippen molar-refractivity contribution in [3.63, 3.8) is 0 Å². The van der Waals surface area contributed by atoms with Crippen molar-refractivity contribution in [3.8, 4) is 5.75 Å². The van der Waals surface area contributed by atoms with Gasteiger partial charge < -0.3 is 4.74 Å². The van der Waals surface area contributed by atoms with Crippen LogP contribution in [0.1, 0.15) is 36.5 Å². The van der Waals surface area contributed by atoms with E-state index in [9.17, 15) is 0 Å². The molecule has 4 atom stereocenters. The summed E-state index contributed by atoms with van der Waals surface area (Å²) in [6, 6.07) is 17.7. The molecule has 2 aromatic carbocycles. The van der Waals surface area contributed by atoms with Gasteiger partial charge in [-0.2, -0.15) is 0 Å². The van der Waals surface area contributed by atoms with Crippen molar-refractivity contribution in [1.29, 1.82) is 0 Å². The van der Waals surface area contributed by atoms with Crippen LogP contribution in [0.5, 0.6) is 5.75 Å². The molecule has 2 aromatic rings. The van der Waals surface area contributed by atoms with E-state index < -0.39 is 0 Å². The Kier molecular flexibility index (Phi) is 4.75. The first-order valence-electron chi connectivity index (χ1n) is 9.59. The highest BCUT2D eigenvalue weighted by molar-refractivity contribution is 6.21. The molecule has 0 N–H and O–H groups in total. The number of rotatable bonds is 4. The monoisotopic (exact) mass is 369 g/mol. The Morgan fingerprint density at radius 2 is 1.96 bits per heavy atom. The number of alkyl halides is 1. The molecule has 0 spiro atoms. The van der Waals surface area contributed by atoms with Gasteiger partial charge in [0.05, 0.1) is 12.5 Å². The van der Waals surface area contributed by atoms with E-state index in [2.05, 4.69) is 67.4 Å². The summed E-state index contributed by atoms with van der Waals surface area (Å²) in [4.78, 5) is 2.48. The van der Waals surface area contributed by atoms with Crippen LogP contribution < -0.4 is 4.74 Å². The molecule has 2 aliphatic rings. The van der Waals surface area contributed by atoms with Crippen LogP contribution in [0, 0.1) is 5.92 Å². The zero-order chi connectivity index (χ0) is 18.3. The number of hydrogen-bond donors (Lipinski definition) is 0. The van der Waals surface area contributed by atoms with E-state index in [4.69, 9.17) is 16.3 Å². The Bertz CT molecular complexity index is 777. The molecule has 1 saturated carbocycles. The molecule has 4 rings (SSSR count). The number of nitrogens with zero attached hydrogens (tertiary/aromatic N) is 1. The van der Waals surface area contributed by atoms with Gasteiger partial charge in [0.2, 0.25) is 0 Å². The van der Waals surface area contributed by atoms with E-state index in [0.29, 0.717) is 12.0 Å². The SMILES string of the molecule is COc1ccc2c(c1)CC[C@H]1C[C@H](Cl)[C@H](N(C)Cc3ccccc3)[C@]21C. The first kappa shape index (κ1) is 17.9. The zero-order valence-electron chi connectivity index (χ0n) is 15.9. The summed E-state index contributed by atoms with van der Waals surface area (Å²) in [7, 11) is 3.98. The third-order valence-corrected chi connectivity index (χ3v) is 7.14. The normalized spacial score (nSPS) is 30.1. The largest absolute Gasteiger partial charge is 0.497 e. The molecular weight excluding hydrogens is 342 g/mol.